The van der Waals surface area contributed by atoms with Crippen LogP contribution in [0, 0.1) is 0 Å². The highest BCUT2D eigenvalue weighted by molar-refractivity contribution is 5.94. The van der Waals surface area contributed by atoms with Gasteiger partial charge in [-0.2, -0.15) is 0 Å². The predicted molar refractivity (Wildman–Crippen MR) is 86.2 cm³/mol. The van der Waals surface area contributed by atoms with Crippen molar-refractivity contribution in [2.24, 2.45) is 5.73 Å². The van der Waals surface area contributed by atoms with Gasteiger partial charge in [0, 0.05) is 37.6 Å². The molecule has 0 unspecified atom stereocenters. The van der Waals surface area contributed by atoms with Crippen LogP contribution < -0.4 is 5.73 Å². The van der Waals surface area contributed by atoms with Crippen molar-refractivity contribution in [1.29, 1.82) is 0 Å². The van der Waals surface area contributed by atoms with E-state index in [0.717, 1.165) is 11.1 Å². The summed E-state index contributed by atoms with van der Waals surface area (Å²) in [7, 11) is 0. The lowest BCUT2D eigenvalue weighted by atomic mass is 10.1. The van der Waals surface area contributed by atoms with E-state index in [2.05, 4.69) is 4.98 Å². The molecular formula is C16H20ClN3O. The van der Waals surface area contributed by atoms with Crippen molar-refractivity contribution in [2.45, 2.75) is 20.0 Å². The van der Waals surface area contributed by atoms with Crippen LogP contribution in [0.25, 0.3) is 0 Å². The van der Waals surface area contributed by atoms with E-state index in [1.54, 1.807) is 12.4 Å². The molecule has 0 atom stereocenters. The maximum absolute atomic E-state index is 12.5. The van der Waals surface area contributed by atoms with Crippen molar-refractivity contribution in [2.75, 3.05) is 6.54 Å². The van der Waals surface area contributed by atoms with Crippen LogP contribution in [0.1, 0.15) is 28.4 Å². The fraction of sp³-hybridized carbons (Fsp3) is 0.250. The van der Waals surface area contributed by atoms with Gasteiger partial charge in [-0.3, -0.25) is 9.78 Å². The summed E-state index contributed by atoms with van der Waals surface area (Å²) in [5.41, 5.74) is 8.36. The summed E-state index contributed by atoms with van der Waals surface area (Å²) < 4.78 is 0. The first-order chi connectivity index (χ1) is 9.74. The Morgan fingerprint density at radius 3 is 2.24 bits per heavy atom. The molecule has 4 nitrogen and oxygen atoms in total. The molecule has 0 aliphatic rings. The number of rotatable bonds is 5. The smallest absolute Gasteiger partial charge is 0.254 e. The molecule has 5 heteroatoms. The molecule has 1 aromatic heterocycles. The van der Waals surface area contributed by atoms with Gasteiger partial charge in [-0.05, 0) is 42.3 Å². The van der Waals surface area contributed by atoms with Gasteiger partial charge in [-0.1, -0.05) is 12.1 Å². The van der Waals surface area contributed by atoms with Gasteiger partial charge >= 0.3 is 0 Å². The fourth-order valence-electron chi connectivity index (χ4n) is 2.00. The van der Waals surface area contributed by atoms with Crippen molar-refractivity contribution < 1.29 is 4.79 Å². The molecule has 0 spiro atoms. The third kappa shape index (κ3) is 4.55. The molecular weight excluding hydrogens is 286 g/mol. The summed E-state index contributed by atoms with van der Waals surface area (Å²) in [6, 6.07) is 11.3. The molecule has 2 rings (SSSR count). The second-order valence-electron chi connectivity index (χ2n) is 4.58. The van der Waals surface area contributed by atoms with Crippen LogP contribution in [-0.2, 0) is 13.1 Å². The molecule has 0 aliphatic heterocycles. The fourth-order valence-corrected chi connectivity index (χ4v) is 2.00. The van der Waals surface area contributed by atoms with E-state index in [-0.39, 0.29) is 18.3 Å². The molecule has 0 fully saturated rings. The number of hydrogen-bond acceptors (Lipinski definition) is 3. The highest BCUT2D eigenvalue weighted by Crippen LogP contribution is 2.10. The predicted octanol–water partition coefficient (Wildman–Crippen LogP) is 2.62. The van der Waals surface area contributed by atoms with E-state index in [9.17, 15) is 4.79 Å². The Kier molecular flexibility index (Phi) is 6.85. The maximum Gasteiger partial charge on any atom is 0.254 e. The van der Waals surface area contributed by atoms with Gasteiger partial charge in [0.2, 0.25) is 0 Å². The Morgan fingerprint density at radius 2 is 1.71 bits per heavy atom. The first-order valence-electron chi connectivity index (χ1n) is 6.71. The first-order valence-corrected chi connectivity index (χ1v) is 6.71. The number of halogens is 1. The normalized spacial score (nSPS) is 9.81. The average molecular weight is 306 g/mol. The lowest BCUT2D eigenvalue weighted by Crippen LogP contribution is -2.30. The zero-order valence-corrected chi connectivity index (χ0v) is 12.8. The Balaban J connectivity index is 0.00000220. The number of pyridine rings is 1. The SMILES string of the molecule is CCN(Cc1ccncc1)C(=O)c1ccc(CN)cc1.Cl. The van der Waals surface area contributed by atoms with Gasteiger partial charge in [-0.25, -0.2) is 0 Å². The standard InChI is InChI=1S/C16H19N3O.ClH/c1-2-19(12-14-7-9-18-10-8-14)16(20)15-5-3-13(11-17)4-6-15;/h3-10H,2,11-12,17H2,1H3;1H. The van der Waals surface area contributed by atoms with Crippen LogP contribution in [0.4, 0.5) is 0 Å². The summed E-state index contributed by atoms with van der Waals surface area (Å²) in [4.78, 5) is 18.3. The quantitative estimate of drug-likeness (QED) is 0.924. The largest absolute Gasteiger partial charge is 0.335 e. The average Bonchev–Trinajstić information content (AvgIpc) is 2.53. The lowest BCUT2D eigenvalue weighted by molar-refractivity contribution is 0.0752. The molecule has 1 amide bonds. The Hall–Kier alpha value is -1.91. The summed E-state index contributed by atoms with van der Waals surface area (Å²) in [6.45, 7) is 3.73. The van der Waals surface area contributed by atoms with Gasteiger partial charge in [0.05, 0.1) is 0 Å². The molecule has 21 heavy (non-hydrogen) atoms. The highest BCUT2D eigenvalue weighted by atomic mass is 35.5. The van der Waals surface area contributed by atoms with Crippen LogP contribution in [0.2, 0.25) is 0 Å². The van der Waals surface area contributed by atoms with Crippen LogP contribution in [0.5, 0.6) is 0 Å². The minimum Gasteiger partial charge on any atom is -0.335 e. The van der Waals surface area contributed by atoms with Gasteiger partial charge in [-0.15, -0.1) is 12.4 Å². The number of amides is 1. The van der Waals surface area contributed by atoms with E-state index in [1.165, 1.54) is 0 Å². The Bertz CT molecular complexity index is 557. The molecule has 2 aromatic rings. The van der Waals surface area contributed by atoms with Gasteiger partial charge in [0.25, 0.3) is 5.91 Å². The molecule has 0 radical (unpaired) electrons. The van der Waals surface area contributed by atoms with Crippen molar-refractivity contribution in [3.05, 3.63) is 65.5 Å². The topological polar surface area (TPSA) is 59.2 Å². The maximum atomic E-state index is 12.5. The number of nitrogens with zero attached hydrogens (tertiary/aromatic N) is 2. The van der Waals surface area contributed by atoms with Crippen molar-refractivity contribution in [1.82, 2.24) is 9.88 Å². The van der Waals surface area contributed by atoms with E-state index in [0.29, 0.717) is 25.2 Å². The minimum absolute atomic E-state index is 0. The summed E-state index contributed by atoms with van der Waals surface area (Å²) in [5.74, 6) is 0.0351. The molecule has 2 N–H and O–H groups in total. The third-order valence-corrected chi connectivity index (χ3v) is 3.23. The van der Waals surface area contributed by atoms with Crippen LogP contribution in [0.3, 0.4) is 0 Å². The molecule has 1 heterocycles. The monoisotopic (exact) mass is 305 g/mol. The molecule has 0 saturated heterocycles. The Labute approximate surface area is 131 Å². The first kappa shape index (κ1) is 17.1. The van der Waals surface area contributed by atoms with Crippen molar-refractivity contribution in [3.63, 3.8) is 0 Å². The second kappa shape index (κ2) is 8.39. The molecule has 112 valence electrons. The third-order valence-electron chi connectivity index (χ3n) is 3.23. The summed E-state index contributed by atoms with van der Waals surface area (Å²) in [6.07, 6.45) is 3.48. The zero-order valence-electron chi connectivity index (χ0n) is 12.0. The summed E-state index contributed by atoms with van der Waals surface area (Å²) in [5, 5.41) is 0. The molecule has 0 bridgehead atoms. The number of carbonyl (C=O) groups is 1. The van der Waals surface area contributed by atoms with Crippen LogP contribution in [0.15, 0.2) is 48.8 Å². The van der Waals surface area contributed by atoms with Gasteiger partial charge in [0.1, 0.15) is 0 Å². The van der Waals surface area contributed by atoms with E-state index >= 15 is 0 Å². The number of nitrogens with two attached hydrogens (primary N) is 1. The number of benzene rings is 1. The van der Waals surface area contributed by atoms with E-state index in [4.69, 9.17) is 5.73 Å². The number of hydrogen-bond donors (Lipinski definition) is 1. The molecule has 0 aliphatic carbocycles. The Morgan fingerprint density at radius 1 is 1.10 bits per heavy atom. The van der Waals surface area contributed by atoms with E-state index < -0.39 is 0 Å². The highest BCUT2D eigenvalue weighted by Gasteiger charge is 2.14. The van der Waals surface area contributed by atoms with E-state index in [1.807, 2.05) is 48.2 Å². The van der Waals surface area contributed by atoms with Crippen LogP contribution >= 0.6 is 12.4 Å². The van der Waals surface area contributed by atoms with Crippen molar-refractivity contribution >= 4 is 18.3 Å². The molecule has 1 aromatic carbocycles. The number of aromatic nitrogens is 1. The second-order valence-corrected chi connectivity index (χ2v) is 4.58. The van der Waals surface area contributed by atoms with Gasteiger partial charge < -0.3 is 10.6 Å². The van der Waals surface area contributed by atoms with Crippen LogP contribution in [-0.4, -0.2) is 22.3 Å². The lowest BCUT2D eigenvalue weighted by Gasteiger charge is -2.21. The minimum atomic E-state index is 0. The zero-order chi connectivity index (χ0) is 14.4. The van der Waals surface area contributed by atoms with Crippen molar-refractivity contribution in [3.8, 4) is 0 Å². The summed E-state index contributed by atoms with van der Waals surface area (Å²) >= 11 is 0. The molecule has 0 saturated carbocycles. The van der Waals surface area contributed by atoms with Gasteiger partial charge in [0.15, 0.2) is 0 Å². The number of carbonyl (C=O) groups excluding carboxylic acids is 1.